The topological polar surface area (TPSA) is 66.5 Å². The fraction of sp³-hybridized carbons (Fsp3) is 0.480. The Balaban J connectivity index is 1.85. The van der Waals surface area contributed by atoms with Crippen LogP contribution in [0.5, 0.6) is 0 Å². The Morgan fingerprint density at radius 1 is 1.03 bits per heavy atom. The van der Waals surface area contributed by atoms with Gasteiger partial charge < -0.3 is 5.32 Å². The number of aryl methyl sites for hydroxylation is 4. The molecular weight excluding hydrogens is 408 g/mol. The molecule has 0 bridgehead atoms. The van der Waals surface area contributed by atoms with E-state index in [0.717, 1.165) is 35.8 Å². The van der Waals surface area contributed by atoms with Gasteiger partial charge in [0, 0.05) is 0 Å². The minimum atomic E-state index is -3.64. The molecule has 0 aliphatic heterocycles. The Hall–Kier alpha value is -2.34. The van der Waals surface area contributed by atoms with E-state index in [4.69, 9.17) is 0 Å². The first-order valence-corrected chi connectivity index (χ1v) is 13.0. The van der Waals surface area contributed by atoms with Gasteiger partial charge >= 0.3 is 0 Å². The number of sulfonamides is 1. The van der Waals surface area contributed by atoms with E-state index in [2.05, 4.69) is 23.5 Å². The quantitative estimate of drug-likeness (QED) is 0.681. The zero-order valence-corrected chi connectivity index (χ0v) is 20.1. The number of hydrogen-bond acceptors (Lipinski definition) is 3. The van der Waals surface area contributed by atoms with Crippen LogP contribution < -0.4 is 9.62 Å². The first-order chi connectivity index (χ1) is 14.6. The zero-order chi connectivity index (χ0) is 22.8. The molecule has 2 aromatic carbocycles. The van der Waals surface area contributed by atoms with Gasteiger partial charge in [-0.25, -0.2) is 8.42 Å². The monoisotopic (exact) mass is 442 g/mol. The lowest BCUT2D eigenvalue weighted by Gasteiger charge is -2.31. The van der Waals surface area contributed by atoms with E-state index >= 15 is 0 Å². The fourth-order valence-corrected chi connectivity index (χ4v) is 5.54. The number of nitrogens with one attached hydrogen (secondary N) is 1. The number of rotatable bonds is 7. The standard InChI is InChI=1S/C25H34N2O3S/c1-6-24(27(31(5,29)30)23-14-11-17(2)18(3)15-23)25(28)26-19(4)21-13-12-20-9-7-8-10-22(20)16-21/h11-16,19,24H,6-10H2,1-5H3,(H,26,28)/t19-,24+/m0/s1. The first-order valence-electron chi connectivity index (χ1n) is 11.1. The zero-order valence-electron chi connectivity index (χ0n) is 19.2. The van der Waals surface area contributed by atoms with Gasteiger partial charge in [0.2, 0.25) is 15.9 Å². The van der Waals surface area contributed by atoms with Gasteiger partial charge in [0.05, 0.1) is 18.0 Å². The highest BCUT2D eigenvalue weighted by molar-refractivity contribution is 7.92. The van der Waals surface area contributed by atoms with E-state index in [1.54, 1.807) is 6.07 Å². The highest BCUT2D eigenvalue weighted by Crippen LogP contribution is 2.27. The summed E-state index contributed by atoms with van der Waals surface area (Å²) in [7, 11) is -3.64. The molecule has 0 spiro atoms. The molecule has 0 fully saturated rings. The van der Waals surface area contributed by atoms with Crippen LogP contribution in [0.25, 0.3) is 0 Å². The predicted molar refractivity (Wildman–Crippen MR) is 127 cm³/mol. The number of carbonyl (C=O) groups is 1. The molecule has 0 saturated heterocycles. The Morgan fingerprint density at radius 2 is 1.71 bits per heavy atom. The Labute approximate surface area is 186 Å². The van der Waals surface area contributed by atoms with Gasteiger partial charge in [-0.2, -0.15) is 0 Å². The van der Waals surface area contributed by atoms with Crippen molar-refractivity contribution in [3.63, 3.8) is 0 Å². The van der Waals surface area contributed by atoms with Crippen LogP contribution in [0.15, 0.2) is 36.4 Å². The number of hydrogen-bond donors (Lipinski definition) is 1. The van der Waals surface area contributed by atoms with Crippen LogP contribution >= 0.6 is 0 Å². The lowest BCUT2D eigenvalue weighted by atomic mass is 9.89. The van der Waals surface area contributed by atoms with Crippen LogP contribution in [0, 0.1) is 13.8 Å². The molecule has 5 nitrogen and oxygen atoms in total. The number of fused-ring (bicyclic) bond motifs is 1. The number of benzene rings is 2. The van der Waals surface area contributed by atoms with Crippen LogP contribution in [0.4, 0.5) is 5.69 Å². The van der Waals surface area contributed by atoms with Crippen molar-refractivity contribution in [2.75, 3.05) is 10.6 Å². The number of anilines is 1. The van der Waals surface area contributed by atoms with Crippen LogP contribution in [0.3, 0.4) is 0 Å². The summed E-state index contributed by atoms with van der Waals surface area (Å²) in [5.41, 5.74) is 6.41. The Bertz CT molecular complexity index is 1060. The Morgan fingerprint density at radius 3 is 2.32 bits per heavy atom. The van der Waals surface area contributed by atoms with Crippen molar-refractivity contribution in [1.82, 2.24) is 5.32 Å². The molecule has 0 saturated carbocycles. The van der Waals surface area contributed by atoms with E-state index in [0.29, 0.717) is 12.1 Å². The molecule has 168 valence electrons. The minimum absolute atomic E-state index is 0.199. The molecule has 1 aliphatic rings. The van der Waals surface area contributed by atoms with Gasteiger partial charge in [0.1, 0.15) is 6.04 Å². The van der Waals surface area contributed by atoms with E-state index in [1.807, 2.05) is 39.8 Å². The molecule has 31 heavy (non-hydrogen) atoms. The van der Waals surface area contributed by atoms with E-state index in [-0.39, 0.29) is 11.9 Å². The van der Waals surface area contributed by atoms with Crippen molar-refractivity contribution in [3.8, 4) is 0 Å². The summed E-state index contributed by atoms with van der Waals surface area (Å²) in [4.78, 5) is 13.2. The highest BCUT2D eigenvalue weighted by Gasteiger charge is 2.32. The van der Waals surface area contributed by atoms with Crippen LogP contribution in [0.2, 0.25) is 0 Å². The maximum absolute atomic E-state index is 13.2. The summed E-state index contributed by atoms with van der Waals surface area (Å²) >= 11 is 0. The van der Waals surface area contributed by atoms with Crippen LogP contribution in [0.1, 0.15) is 67.0 Å². The van der Waals surface area contributed by atoms with Gasteiger partial charge in [-0.15, -0.1) is 0 Å². The normalized spacial score (nSPS) is 15.6. The molecule has 6 heteroatoms. The molecule has 2 atom stereocenters. The largest absolute Gasteiger partial charge is 0.348 e. The smallest absolute Gasteiger partial charge is 0.244 e. The number of nitrogens with zero attached hydrogens (tertiary/aromatic N) is 1. The molecule has 3 rings (SSSR count). The molecule has 0 heterocycles. The maximum atomic E-state index is 13.2. The van der Waals surface area contributed by atoms with Gasteiger partial charge in [-0.05, 0) is 92.8 Å². The molecule has 0 radical (unpaired) electrons. The number of amides is 1. The molecule has 2 aromatic rings. The van der Waals surface area contributed by atoms with Crippen molar-refractivity contribution in [1.29, 1.82) is 0 Å². The lowest BCUT2D eigenvalue weighted by Crippen LogP contribution is -2.49. The predicted octanol–water partition coefficient (Wildman–Crippen LogP) is 4.60. The average molecular weight is 443 g/mol. The molecule has 1 amide bonds. The van der Waals surface area contributed by atoms with Gasteiger partial charge in [0.15, 0.2) is 0 Å². The van der Waals surface area contributed by atoms with Gasteiger partial charge in [-0.1, -0.05) is 31.2 Å². The summed E-state index contributed by atoms with van der Waals surface area (Å²) in [6.45, 7) is 7.72. The minimum Gasteiger partial charge on any atom is -0.348 e. The van der Waals surface area contributed by atoms with Crippen molar-refractivity contribution in [2.24, 2.45) is 0 Å². The van der Waals surface area contributed by atoms with Crippen LogP contribution in [-0.2, 0) is 27.7 Å². The second-order valence-corrected chi connectivity index (χ2v) is 10.6. The second-order valence-electron chi connectivity index (χ2n) is 8.72. The summed E-state index contributed by atoms with van der Waals surface area (Å²) in [6.07, 6.45) is 6.17. The second kappa shape index (κ2) is 9.43. The fourth-order valence-electron chi connectivity index (χ4n) is 4.34. The molecule has 1 aliphatic carbocycles. The third-order valence-corrected chi connectivity index (χ3v) is 7.49. The first kappa shape index (κ1) is 23.3. The molecule has 0 aromatic heterocycles. The van der Waals surface area contributed by atoms with Crippen molar-refractivity contribution in [3.05, 3.63) is 64.2 Å². The van der Waals surface area contributed by atoms with E-state index in [9.17, 15) is 13.2 Å². The SMILES string of the molecule is CC[C@H](C(=O)N[C@@H](C)c1ccc2c(c1)CCCC2)N(c1ccc(C)c(C)c1)S(C)(=O)=O. The molecule has 0 unspecified atom stereocenters. The summed E-state index contributed by atoms with van der Waals surface area (Å²) in [5, 5.41) is 3.06. The Kier molecular flexibility index (Phi) is 7.10. The van der Waals surface area contributed by atoms with Gasteiger partial charge in [-0.3, -0.25) is 9.10 Å². The third-order valence-electron chi connectivity index (χ3n) is 6.31. The summed E-state index contributed by atoms with van der Waals surface area (Å²) in [5.74, 6) is -0.281. The maximum Gasteiger partial charge on any atom is 0.244 e. The summed E-state index contributed by atoms with van der Waals surface area (Å²) in [6, 6.07) is 10.9. The van der Waals surface area contributed by atoms with Crippen LogP contribution in [-0.4, -0.2) is 26.6 Å². The van der Waals surface area contributed by atoms with E-state index < -0.39 is 16.1 Å². The van der Waals surface area contributed by atoms with Gasteiger partial charge in [0.25, 0.3) is 0 Å². The van der Waals surface area contributed by atoms with Crippen molar-refractivity contribution < 1.29 is 13.2 Å². The summed E-state index contributed by atoms with van der Waals surface area (Å²) < 4.78 is 26.6. The third kappa shape index (κ3) is 5.29. The molecular formula is C25H34N2O3S. The van der Waals surface area contributed by atoms with Crippen molar-refractivity contribution in [2.45, 2.75) is 71.9 Å². The average Bonchev–Trinajstić information content (AvgIpc) is 2.72. The molecule has 1 N–H and O–H groups in total. The highest BCUT2D eigenvalue weighted by atomic mass is 32.2. The lowest BCUT2D eigenvalue weighted by molar-refractivity contribution is -0.122. The number of carbonyl (C=O) groups excluding carboxylic acids is 1. The van der Waals surface area contributed by atoms with E-state index in [1.165, 1.54) is 28.3 Å². The van der Waals surface area contributed by atoms with Crippen molar-refractivity contribution >= 4 is 21.6 Å².